The first-order valence-electron chi connectivity index (χ1n) is 5.15. The van der Waals surface area contributed by atoms with Crippen molar-refractivity contribution in [1.82, 2.24) is 9.97 Å². The van der Waals surface area contributed by atoms with E-state index in [1.165, 1.54) is 0 Å². The van der Waals surface area contributed by atoms with Crippen LogP contribution >= 0.6 is 15.9 Å². The zero-order chi connectivity index (χ0) is 11.6. The maximum Gasteiger partial charge on any atom is 0.232 e. The molecule has 0 bridgehead atoms. The number of hydrogen-bond donors (Lipinski definition) is 2. The van der Waals surface area contributed by atoms with Crippen LogP contribution in [-0.2, 0) is 0 Å². The first-order chi connectivity index (χ1) is 7.69. The summed E-state index contributed by atoms with van der Waals surface area (Å²) in [6, 6.07) is 0. The second-order valence-electron chi connectivity index (χ2n) is 3.97. The van der Waals surface area contributed by atoms with Gasteiger partial charge in [0.1, 0.15) is 0 Å². The van der Waals surface area contributed by atoms with Crippen molar-refractivity contribution in [2.75, 3.05) is 19.0 Å². The molecule has 5 nitrogen and oxygen atoms in total. The van der Waals surface area contributed by atoms with E-state index in [9.17, 15) is 5.11 Å². The van der Waals surface area contributed by atoms with Gasteiger partial charge in [0, 0.05) is 0 Å². The molecular weight excluding hydrogens is 274 g/mol. The molecule has 1 heterocycles. The van der Waals surface area contributed by atoms with Gasteiger partial charge in [-0.2, -0.15) is 4.98 Å². The molecule has 0 radical (unpaired) electrons. The maximum atomic E-state index is 9.32. The molecule has 1 aromatic heterocycles. The standard InChI is InChI=1S/C10H14BrN3O2/c1-16-8-7(11)5-12-9(13-8)14-10(6-15)3-2-4-10/h5,15H,2-4,6H2,1H3,(H,12,13,14). The Morgan fingerprint density at radius 2 is 2.38 bits per heavy atom. The highest BCUT2D eigenvalue weighted by Crippen LogP contribution is 2.34. The Hall–Kier alpha value is -0.880. The summed E-state index contributed by atoms with van der Waals surface area (Å²) >= 11 is 3.29. The number of hydrogen-bond acceptors (Lipinski definition) is 5. The molecule has 1 aromatic rings. The van der Waals surface area contributed by atoms with Gasteiger partial charge in [0.25, 0.3) is 0 Å². The lowest BCUT2D eigenvalue weighted by atomic mass is 9.77. The van der Waals surface area contributed by atoms with Gasteiger partial charge in [-0.25, -0.2) is 4.98 Å². The Morgan fingerprint density at radius 3 is 2.88 bits per heavy atom. The number of anilines is 1. The Balaban J connectivity index is 2.15. The smallest absolute Gasteiger partial charge is 0.232 e. The van der Waals surface area contributed by atoms with Gasteiger partial charge in [-0.15, -0.1) is 0 Å². The molecule has 2 N–H and O–H groups in total. The SMILES string of the molecule is COc1nc(NC2(CO)CCC2)ncc1Br. The number of nitrogens with zero attached hydrogens (tertiary/aromatic N) is 2. The molecule has 88 valence electrons. The number of ether oxygens (including phenoxy) is 1. The Morgan fingerprint density at radius 1 is 1.62 bits per heavy atom. The van der Waals surface area contributed by atoms with Gasteiger partial charge in [-0.05, 0) is 35.2 Å². The van der Waals surface area contributed by atoms with Crippen LogP contribution in [0.2, 0.25) is 0 Å². The summed E-state index contributed by atoms with van der Waals surface area (Å²) in [5.74, 6) is 0.985. The Kier molecular flexibility index (Phi) is 3.30. The van der Waals surface area contributed by atoms with Gasteiger partial charge in [-0.3, -0.25) is 0 Å². The predicted octanol–water partition coefficient (Wildman–Crippen LogP) is 1.57. The zero-order valence-corrected chi connectivity index (χ0v) is 10.6. The van der Waals surface area contributed by atoms with Gasteiger partial charge in [0.15, 0.2) is 0 Å². The quantitative estimate of drug-likeness (QED) is 0.880. The minimum atomic E-state index is -0.237. The van der Waals surface area contributed by atoms with Crippen LogP contribution in [0.4, 0.5) is 5.95 Å². The molecule has 1 saturated carbocycles. The predicted molar refractivity (Wildman–Crippen MR) is 63.6 cm³/mol. The first-order valence-corrected chi connectivity index (χ1v) is 5.94. The Labute approximate surface area is 102 Å². The van der Waals surface area contributed by atoms with E-state index in [1.807, 2.05) is 0 Å². The van der Waals surface area contributed by atoms with Crippen molar-refractivity contribution in [2.24, 2.45) is 0 Å². The van der Waals surface area contributed by atoms with Crippen molar-refractivity contribution >= 4 is 21.9 Å². The summed E-state index contributed by atoms with van der Waals surface area (Å²) in [5, 5.41) is 12.5. The lowest BCUT2D eigenvalue weighted by Crippen LogP contribution is -2.48. The number of halogens is 1. The van der Waals surface area contributed by atoms with Crippen molar-refractivity contribution in [1.29, 1.82) is 0 Å². The highest BCUT2D eigenvalue weighted by Gasteiger charge is 2.37. The van der Waals surface area contributed by atoms with Crippen molar-refractivity contribution in [3.63, 3.8) is 0 Å². The van der Waals surface area contributed by atoms with E-state index in [2.05, 4.69) is 31.2 Å². The summed E-state index contributed by atoms with van der Waals surface area (Å²) in [6.07, 6.45) is 4.66. The fraction of sp³-hybridized carbons (Fsp3) is 0.600. The fourth-order valence-electron chi connectivity index (χ4n) is 1.72. The highest BCUT2D eigenvalue weighted by atomic mass is 79.9. The van der Waals surface area contributed by atoms with Crippen LogP contribution < -0.4 is 10.1 Å². The number of methoxy groups -OCH3 is 1. The second-order valence-corrected chi connectivity index (χ2v) is 4.82. The van der Waals surface area contributed by atoms with Gasteiger partial charge < -0.3 is 15.2 Å². The van der Waals surface area contributed by atoms with Crippen molar-refractivity contribution in [3.05, 3.63) is 10.7 Å². The lowest BCUT2D eigenvalue weighted by molar-refractivity contribution is 0.143. The summed E-state index contributed by atoms with van der Waals surface area (Å²) in [6.45, 7) is 0.106. The zero-order valence-electron chi connectivity index (χ0n) is 9.03. The first kappa shape index (κ1) is 11.6. The van der Waals surface area contributed by atoms with Crippen LogP contribution in [0.15, 0.2) is 10.7 Å². The average Bonchev–Trinajstić information content (AvgIpc) is 2.25. The normalized spacial score (nSPS) is 17.7. The number of aliphatic hydroxyl groups excluding tert-OH is 1. The molecule has 0 amide bonds. The maximum absolute atomic E-state index is 9.32. The molecule has 16 heavy (non-hydrogen) atoms. The molecule has 2 rings (SSSR count). The van der Waals surface area contributed by atoms with Crippen LogP contribution in [0, 0.1) is 0 Å². The topological polar surface area (TPSA) is 67.3 Å². The fourth-order valence-corrected chi connectivity index (χ4v) is 2.07. The number of aromatic nitrogens is 2. The summed E-state index contributed by atoms with van der Waals surface area (Å²) < 4.78 is 5.80. The van der Waals surface area contributed by atoms with E-state index in [1.54, 1.807) is 13.3 Å². The summed E-state index contributed by atoms with van der Waals surface area (Å²) in [7, 11) is 1.56. The van der Waals surface area contributed by atoms with E-state index < -0.39 is 0 Å². The molecule has 0 aromatic carbocycles. The van der Waals surface area contributed by atoms with Crippen LogP contribution in [0.1, 0.15) is 19.3 Å². The minimum absolute atomic E-state index is 0.106. The lowest BCUT2D eigenvalue weighted by Gasteiger charge is -2.40. The molecule has 6 heteroatoms. The molecular formula is C10H14BrN3O2. The third kappa shape index (κ3) is 2.12. The molecule has 1 aliphatic rings. The van der Waals surface area contributed by atoms with Crippen LogP contribution in [0.3, 0.4) is 0 Å². The summed E-state index contributed by atoms with van der Waals surface area (Å²) in [4.78, 5) is 8.34. The molecule has 0 aliphatic heterocycles. The number of rotatable bonds is 4. The number of nitrogens with one attached hydrogen (secondary N) is 1. The van der Waals surface area contributed by atoms with Crippen LogP contribution in [0.25, 0.3) is 0 Å². The third-order valence-corrected chi connectivity index (χ3v) is 3.44. The molecule has 0 spiro atoms. The van der Waals surface area contributed by atoms with Gasteiger partial charge >= 0.3 is 0 Å². The number of aliphatic hydroxyl groups is 1. The van der Waals surface area contributed by atoms with Crippen LogP contribution in [0.5, 0.6) is 5.88 Å². The highest BCUT2D eigenvalue weighted by molar-refractivity contribution is 9.10. The van der Waals surface area contributed by atoms with Crippen LogP contribution in [-0.4, -0.2) is 34.3 Å². The molecule has 0 saturated heterocycles. The van der Waals surface area contributed by atoms with E-state index in [4.69, 9.17) is 4.74 Å². The van der Waals surface area contributed by atoms with E-state index in [-0.39, 0.29) is 12.1 Å². The third-order valence-electron chi connectivity index (χ3n) is 2.90. The molecule has 1 fully saturated rings. The monoisotopic (exact) mass is 287 g/mol. The van der Waals surface area contributed by atoms with E-state index in [0.29, 0.717) is 16.3 Å². The second kappa shape index (κ2) is 4.55. The Bertz CT molecular complexity index is 377. The molecule has 0 unspecified atom stereocenters. The summed E-state index contributed by atoms with van der Waals surface area (Å²) in [5.41, 5.74) is -0.237. The van der Waals surface area contributed by atoms with Crippen molar-refractivity contribution < 1.29 is 9.84 Å². The van der Waals surface area contributed by atoms with E-state index in [0.717, 1.165) is 19.3 Å². The van der Waals surface area contributed by atoms with E-state index >= 15 is 0 Å². The minimum Gasteiger partial charge on any atom is -0.480 e. The van der Waals surface area contributed by atoms with Crippen molar-refractivity contribution in [3.8, 4) is 5.88 Å². The molecule has 1 aliphatic carbocycles. The van der Waals surface area contributed by atoms with Crippen molar-refractivity contribution in [2.45, 2.75) is 24.8 Å². The average molecular weight is 288 g/mol. The van der Waals surface area contributed by atoms with Gasteiger partial charge in [0.2, 0.25) is 11.8 Å². The van der Waals surface area contributed by atoms with Gasteiger partial charge in [0.05, 0.1) is 29.9 Å². The van der Waals surface area contributed by atoms with Gasteiger partial charge in [-0.1, -0.05) is 0 Å². The largest absolute Gasteiger partial charge is 0.480 e. The molecule has 0 atom stereocenters.